The van der Waals surface area contributed by atoms with Gasteiger partial charge in [0, 0.05) is 6.54 Å². The van der Waals surface area contributed by atoms with Gasteiger partial charge in [-0.1, -0.05) is 45.0 Å². The zero-order chi connectivity index (χ0) is 11.5. The first-order chi connectivity index (χ1) is 6.88. The smallest absolute Gasteiger partial charge is 0.0230 e. The molecule has 0 amide bonds. The number of hydrogen-bond donors (Lipinski definition) is 0. The average Bonchev–Trinajstić information content (AvgIpc) is 2.05. The lowest BCUT2D eigenvalue weighted by Crippen LogP contribution is -2.15. The Bertz CT molecular complexity index is 307. The monoisotopic (exact) mass is 205 g/mol. The highest BCUT2D eigenvalue weighted by molar-refractivity contribution is 5.27. The fraction of sp³-hybridized carbons (Fsp3) is 0.571. The molecule has 0 aliphatic rings. The van der Waals surface area contributed by atoms with Crippen molar-refractivity contribution < 1.29 is 0 Å². The van der Waals surface area contributed by atoms with Crippen molar-refractivity contribution in [3.8, 4) is 0 Å². The Labute approximate surface area is 94.1 Å². The lowest BCUT2D eigenvalue weighted by molar-refractivity contribution is 0.386. The minimum Gasteiger partial charge on any atom is -0.305 e. The van der Waals surface area contributed by atoms with Gasteiger partial charge in [0.15, 0.2) is 0 Å². The molecule has 0 unspecified atom stereocenters. The van der Waals surface area contributed by atoms with E-state index in [0.29, 0.717) is 5.41 Å². The van der Waals surface area contributed by atoms with E-state index in [0.717, 1.165) is 13.0 Å². The summed E-state index contributed by atoms with van der Waals surface area (Å²) in [5.41, 5.74) is 3.30. The maximum absolute atomic E-state index is 2.29. The summed E-state index contributed by atoms with van der Waals surface area (Å²) >= 11 is 0. The molecule has 0 atom stereocenters. The predicted molar refractivity (Wildman–Crippen MR) is 67.0 cm³/mol. The van der Waals surface area contributed by atoms with E-state index in [2.05, 4.69) is 64.0 Å². The summed E-state index contributed by atoms with van der Waals surface area (Å²) in [4.78, 5) is 2.22. The van der Waals surface area contributed by atoms with Crippen LogP contribution in [0.5, 0.6) is 0 Å². The van der Waals surface area contributed by atoms with E-state index in [1.165, 1.54) is 11.1 Å². The van der Waals surface area contributed by atoms with Crippen LogP contribution in [0, 0.1) is 5.41 Å². The van der Waals surface area contributed by atoms with E-state index in [-0.39, 0.29) is 0 Å². The highest BCUT2D eigenvalue weighted by Crippen LogP contribution is 2.23. The fourth-order valence-corrected chi connectivity index (χ4v) is 1.80. The first-order valence-electron chi connectivity index (χ1n) is 5.60. The molecule has 0 N–H and O–H groups in total. The maximum Gasteiger partial charge on any atom is 0.0230 e. The molecule has 0 aliphatic carbocycles. The van der Waals surface area contributed by atoms with Gasteiger partial charge in [0.25, 0.3) is 0 Å². The normalized spacial score (nSPS) is 12.1. The van der Waals surface area contributed by atoms with Crippen molar-refractivity contribution in [2.24, 2.45) is 5.41 Å². The van der Waals surface area contributed by atoms with Crippen LogP contribution in [-0.4, -0.2) is 19.0 Å². The van der Waals surface area contributed by atoms with Crippen LogP contribution in [0.1, 0.15) is 31.9 Å². The molecule has 0 saturated carbocycles. The highest BCUT2D eigenvalue weighted by Gasteiger charge is 2.13. The summed E-state index contributed by atoms with van der Waals surface area (Å²) in [6.07, 6.45) is 1.15. The van der Waals surface area contributed by atoms with Crippen LogP contribution < -0.4 is 0 Å². The molecule has 1 rings (SSSR count). The van der Waals surface area contributed by atoms with Gasteiger partial charge >= 0.3 is 0 Å². The van der Waals surface area contributed by atoms with Crippen molar-refractivity contribution in [3.05, 3.63) is 35.4 Å². The Kier molecular flexibility index (Phi) is 3.92. The summed E-state index contributed by atoms with van der Waals surface area (Å²) < 4.78 is 0. The Hall–Kier alpha value is -0.820. The first-order valence-corrected chi connectivity index (χ1v) is 5.60. The topological polar surface area (TPSA) is 3.24 Å². The van der Waals surface area contributed by atoms with Crippen molar-refractivity contribution in [3.63, 3.8) is 0 Å². The summed E-state index contributed by atoms with van der Waals surface area (Å²) in [5.74, 6) is 0. The molecule has 0 bridgehead atoms. The molecule has 0 spiro atoms. The second-order valence-corrected chi connectivity index (χ2v) is 5.74. The van der Waals surface area contributed by atoms with Gasteiger partial charge in [-0.15, -0.1) is 0 Å². The second kappa shape index (κ2) is 4.80. The minimum absolute atomic E-state index is 0.364. The van der Waals surface area contributed by atoms with Crippen molar-refractivity contribution in [1.29, 1.82) is 0 Å². The van der Waals surface area contributed by atoms with Crippen molar-refractivity contribution >= 4 is 0 Å². The number of nitrogens with zero attached hydrogens (tertiary/aromatic N) is 1. The van der Waals surface area contributed by atoms with Crippen LogP contribution in [0.2, 0.25) is 0 Å². The zero-order valence-electron chi connectivity index (χ0n) is 10.7. The molecule has 84 valence electrons. The lowest BCUT2D eigenvalue weighted by atomic mass is 9.86. The minimum atomic E-state index is 0.364. The molecular formula is C14H23N. The predicted octanol–water partition coefficient (Wildman–Crippen LogP) is 3.34. The van der Waals surface area contributed by atoms with E-state index in [1.54, 1.807) is 0 Å². The molecule has 1 nitrogen and oxygen atoms in total. The quantitative estimate of drug-likeness (QED) is 0.731. The highest BCUT2D eigenvalue weighted by atomic mass is 15.0. The summed E-state index contributed by atoms with van der Waals surface area (Å²) in [5, 5.41) is 0. The zero-order valence-corrected chi connectivity index (χ0v) is 10.7. The van der Waals surface area contributed by atoms with E-state index in [9.17, 15) is 0 Å². The van der Waals surface area contributed by atoms with Crippen LogP contribution in [-0.2, 0) is 13.0 Å². The largest absolute Gasteiger partial charge is 0.305 e. The van der Waals surface area contributed by atoms with Gasteiger partial charge in [-0.25, -0.2) is 0 Å². The van der Waals surface area contributed by atoms with Gasteiger partial charge in [0.1, 0.15) is 0 Å². The molecule has 1 heteroatoms. The van der Waals surface area contributed by atoms with Gasteiger partial charge in [-0.3, -0.25) is 0 Å². The van der Waals surface area contributed by atoms with Crippen molar-refractivity contribution in [2.75, 3.05) is 14.1 Å². The molecule has 1 aromatic carbocycles. The SMILES string of the molecule is CN(C)Cc1ccccc1CC(C)(C)C. The van der Waals surface area contributed by atoms with Crippen molar-refractivity contribution in [2.45, 2.75) is 33.7 Å². The van der Waals surface area contributed by atoms with Gasteiger partial charge in [-0.2, -0.15) is 0 Å². The summed E-state index contributed by atoms with van der Waals surface area (Å²) in [6, 6.07) is 8.76. The number of hydrogen-bond acceptors (Lipinski definition) is 1. The molecule has 1 aromatic rings. The van der Waals surface area contributed by atoms with Gasteiger partial charge in [0.05, 0.1) is 0 Å². The third kappa shape index (κ3) is 4.48. The van der Waals surface area contributed by atoms with Gasteiger partial charge < -0.3 is 4.90 Å². The van der Waals surface area contributed by atoms with E-state index < -0.39 is 0 Å². The average molecular weight is 205 g/mol. The third-order valence-electron chi connectivity index (χ3n) is 2.33. The summed E-state index contributed by atoms with van der Waals surface area (Å²) in [6.45, 7) is 7.91. The lowest BCUT2D eigenvalue weighted by Gasteiger charge is -2.21. The molecule has 0 aliphatic heterocycles. The maximum atomic E-state index is 2.29. The first kappa shape index (κ1) is 12.3. The molecule has 0 saturated heterocycles. The number of benzene rings is 1. The molecule has 0 fully saturated rings. The Morgan fingerprint density at radius 3 is 2.00 bits per heavy atom. The summed E-state index contributed by atoms with van der Waals surface area (Å²) in [7, 11) is 4.24. The Morgan fingerprint density at radius 2 is 1.53 bits per heavy atom. The van der Waals surface area contributed by atoms with Crippen LogP contribution in [0.15, 0.2) is 24.3 Å². The van der Waals surface area contributed by atoms with Crippen molar-refractivity contribution in [1.82, 2.24) is 4.90 Å². The van der Waals surface area contributed by atoms with Crippen LogP contribution in [0.4, 0.5) is 0 Å². The Balaban J connectivity index is 2.86. The van der Waals surface area contributed by atoms with Gasteiger partial charge in [0.2, 0.25) is 0 Å². The van der Waals surface area contributed by atoms with Crippen LogP contribution in [0.25, 0.3) is 0 Å². The van der Waals surface area contributed by atoms with Gasteiger partial charge in [-0.05, 0) is 37.1 Å². The Morgan fingerprint density at radius 1 is 1.00 bits per heavy atom. The third-order valence-corrected chi connectivity index (χ3v) is 2.33. The molecule has 0 radical (unpaired) electrons. The second-order valence-electron chi connectivity index (χ2n) is 5.74. The number of rotatable bonds is 3. The van der Waals surface area contributed by atoms with Crippen LogP contribution >= 0.6 is 0 Å². The molecular weight excluding hydrogens is 182 g/mol. The molecule has 0 aromatic heterocycles. The van der Waals surface area contributed by atoms with E-state index in [4.69, 9.17) is 0 Å². The molecule has 0 heterocycles. The standard InChI is InChI=1S/C14H23N/c1-14(2,3)10-12-8-6-7-9-13(12)11-15(4)5/h6-9H,10-11H2,1-5H3. The fourth-order valence-electron chi connectivity index (χ4n) is 1.80. The van der Waals surface area contributed by atoms with E-state index in [1.807, 2.05) is 0 Å². The molecule has 15 heavy (non-hydrogen) atoms. The van der Waals surface area contributed by atoms with E-state index >= 15 is 0 Å². The van der Waals surface area contributed by atoms with Crippen LogP contribution in [0.3, 0.4) is 0 Å².